The van der Waals surface area contributed by atoms with Gasteiger partial charge in [0.15, 0.2) is 0 Å². The molecular formula is C15H21NO3S. The molecule has 0 spiro atoms. The molecule has 2 rings (SSSR count). The van der Waals surface area contributed by atoms with Gasteiger partial charge in [-0.05, 0) is 36.1 Å². The fourth-order valence-corrected chi connectivity index (χ4v) is 3.82. The second kappa shape index (κ2) is 6.39. The summed E-state index contributed by atoms with van der Waals surface area (Å²) in [6.07, 6.45) is 5.21. The van der Waals surface area contributed by atoms with Crippen molar-refractivity contribution in [3.63, 3.8) is 0 Å². The maximum atomic E-state index is 12.1. The molecule has 1 aliphatic carbocycles. The predicted molar refractivity (Wildman–Crippen MR) is 79.2 cm³/mol. The van der Waals surface area contributed by atoms with E-state index in [1.807, 2.05) is 17.7 Å². The van der Waals surface area contributed by atoms with Gasteiger partial charge in [0.2, 0.25) is 0 Å². The Morgan fingerprint density at radius 2 is 2.00 bits per heavy atom. The van der Waals surface area contributed by atoms with Crippen LogP contribution in [0.1, 0.15) is 54.4 Å². The molecule has 1 aliphatic rings. The van der Waals surface area contributed by atoms with E-state index in [0.717, 1.165) is 31.2 Å². The molecule has 20 heavy (non-hydrogen) atoms. The van der Waals surface area contributed by atoms with Gasteiger partial charge < -0.3 is 10.4 Å². The van der Waals surface area contributed by atoms with Gasteiger partial charge in [-0.3, -0.25) is 9.59 Å². The first kappa shape index (κ1) is 15.0. The van der Waals surface area contributed by atoms with Crippen LogP contribution in [0, 0.1) is 12.3 Å². The zero-order valence-corrected chi connectivity index (χ0v) is 12.6. The second-order valence-corrected chi connectivity index (χ2v) is 6.53. The van der Waals surface area contributed by atoms with Crippen LogP contribution < -0.4 is 5.32 Å². The fourth-order valence-electron chi connectivity index (χ4n) is 2.99. The van der Waals surface area contributed by atoms with Gasteiger partial charge in [0.1, 0.15) is 0 Å². The third-order valence-electron chi connectivity index (χ3n) is 4.16. The van der Waals surface area contributed by atoms with E-state index in [0.29, 0.717) is 12.1 Å². The lowest BCUT2D eigenvalue weighted by Gasteiger charge is -2.36. The van der Waals surface area contributed by atoms with Crippen LogP contribution in [0.4, 0.5) is 0 Å². The summed E-state index contributed by atoms with van der Waals surface area (Å²) in [4.78, 5) is 23.2. The average molecular weight is 295 g/mol. The summed E-state index contributed by atoms with van der Waals surface area (Å²) in [6.45, 7) is 2.38. The van der Waals surface area contributed by atoms with Crippen molar-refractivity contribution in [2.45, 2.75) is 45.4 Å². The van der Waals surface area contributed by atoms with Crippen molar-refractivity contribution in [1.29, 1.82) is 0 Å². The maximum absolute atomic E-state index is 12.1. The fraction of sp³-hybridized carbons (Fsp3) is 0.600. The molecule has 1 heterocycles. The first-order chi connectivity index (χ1) is 9.52. The minimum atomic E-state index is -0.770. The Morgan fingerprint density at radius 1 is 1.30 bits per heavy atom. The molecule has 2 N–H and O–H groups in total. The van der Waals surface area contributed by atoms with Crippen LogP contribution >= 0.6 is 11.3 Å². The summed E-state index contributed by atoms with van der Waals surface area (Å²) in [7, 11) is 0. The van der Waals surface area contributed by atoms with E-state index in [1.165, 1.54) is 17.8 Å². The van der Waals surface area contributed by atoms with Crippen molar-refractivity contribution < 1.29 is 14.7 Å². The molecule has 1 aromatic heterocycles. The molecule has 0 atom stereocenters. The smallest absolute Gasteiger partial charge is 0.303 e. The molecule has 1 saturated carbocycles. The van der Waals surface area contributed by atoms with Crippen LogP contribution in [-0.2, 0) is 4.79 Å². The highest BCUT2D eigenvalue weighted by atomic mass is 32.1. The van der Waals surface area contributed by atoms with E-state index in [4.69, 9.17) is 5.11 Å². The number of carbonyl (C=O) groups is 2. The first-order valence-electron chi connectivity index (χ1n) is 7.05. The van der Waals surface area contributed by atoms with E-state index < -0.39 is 5.97 Å². The molecule has 0 saturated heterocycles. The predicted octanol–water partition coefficient (Wildman–Crippen LogP) is 3.21. The Bertz CT molecular complexity index is 489. The summed E-state index contributed by atoms with van der Waals surface area (Å²) in [5.41, 5.74) is 1.42. The molecule has 0 bridgehead atoms. The Labute approximate surface area is 123 Å². The Morgan fingerprint density at radius 3 is 2.55 bits per heavy atom. The lowest BCUT2D eigenvalue weighted by molar-refractivity contribution is -0.140. The third kappa shape index (κ3) is 3.60. The zero-order chi connectivity index (χ0) is 14.6. The first-order valence-corrected chi connectivity index (χ1v) is 7.99. The maximum Gasteiger partial charge on any atom is 0.303 e. The van der Waals surface area contributed by atoms with Crippen molar-refractivity contribution >= 4 is 23.2 Å². The average Bonchev–Trinajstić information content (AvgIpc) is 2.83. The molecule has 0 aliphatic heterocycles. The van der Waals surface area contributed by atoms with Crippen molar-refractivity contribution in [3.05, 3.63) is 21.9 Å². The summed E-state index contributed by atoms with van der Waals surface area (Å²) in [5, 5.41) is 15.8. The van der Waals surface area contributed by atoms with E-state index in [-0.39, 0.29) is 17.7 Å². The second-order valence-electron chi connectivity index (χ2n) is 5.78. The number of carbonyl (C=O) groups excluding carboxylic acids is 1. The highest BCUT2D eigenvalue weighted by Gasteiger charge is 2.34. The number of amides is 1. The molecule has 0 unspecified atom stereocenters. The molecule has 110 valence electrons. The van der Waals surface area contributed by atoms with E-state index in [2.05, 4.69) is 5.32 Å². The number of hydrogen-bond donors (Lipinski definition) is 2. The van der Waals surface area contributed by atoms with Gasteiger partial charge in [-0.1, -0.05) is 19.3 Å². The van der Waals surface area contributed by atoms with Crippen molar-refractivity contribution in [1.82, 2.24) is 5.32 Å². The number of nitrogens with one attached hydrogen (secondary N) is 1. The Balaban J connectivity index is 2.00. The molecule has 4 nitrogen and oxygen atoms in total. The summed E-state index contributed by atoms with van der Waals surface area (Å²) >= 11 is 1.51. The van der Waals surface area contributed by atoms with Gasteiger partial charge in [0.25, 0.3) is 5.91 Å². The number of carboxylic acids is 1. The molecule has 1 fully saturated rings. The van der Waals surface area contributed by atoms with Crippen LogP contribution in [-0.4, -0.2) is 23.5 Å². The highest BCUT2D eigenvalue weighted by Crippen LogP contribution is 2.38. The SMILES string of the molecule is Cc1cscc1C(=O)NCC1(CC(=O)O)CCCCC1. The van der Waals surface area contributed by atoms with Gasteiger partial charge in [-0.25, -0.2) is 0 Å². The van der Waals surface area contributed by atoms with Crippen LogP contribution in [0.2, 0.25) is 0 Å². The molecule has 5 heteroatoms. The quantitative estimate of drug-likeness (QED) is 0.876. The van der Waals surface area contributed by atoms with Crippen molar-refractivity contribution in [2.75, 3.05) is 6.54 Å². The largest absolute Gasteiger partial charge is 0.481 e. The Hall–Kier alpha value is -1.36. The third-order valence-corrected chi connectivity index (χ3v) is 5.03. The van der Waals surface area contributed by atoms with Gasteiger partial charge in [-0.2, -0.15) is 11.3 Å². The van der Waals surface area contributed by atoms with Crippen molar-refractivity contribution in [3.8, 4) is 0 Å². The zero-order valence-electron chi connectivity index (χ0n) is 11.8. The van der Waals surface area contributed by atoms with Crippen LogP contribution in [0.15, 0.2) is 10.8 Å². The number of thiophene rings is 1. The molecule has 1 aromatic rings. The van der Waals surface area contributed by atoms with Gasteiger partial charge >= 0.3 is 5.97 Å². The monoisotopic (exact) mass is 295 g/mol. The summed E-state index contributed by atoms with van der Waals surface area (Å²) in [6, 6.07) is 0. The van der Waals surface area contributed by atoms with Crippen LogP contribution in [0.5, 0.6) is 0 Å². The van der Waals surface area contributed by atoms with E-state index in [1.54, 1.807) is 0 Å². The molecule has 1 amide bonds. The minimum absolute atomic E-state index is 0.0842. The number of aliphatic carboxylic acids is 1. The normalized spacial score (nSPS) is 17.6. The van der Waals surface area contributed by atoms with Crippen LogP contribution in [0.25, 0.3) is 0 Å². The number of carboxylic acid groups (broad SMARTS) is 1. The number of aryl methyl sites for hydroxylation is 1. The van der Waals surface area contributed by atoms with Gasteiger partial charge in [-0.15, -0.1) is 0 Å². The highest BCUT2D eigenvalue weighted by molar-refractivity contribution is 7.08. The lowest BCUT2D eigenvalue weighted by atomic mass is 9.71. The number of rotatable bonds is 5. The lowest BCUT2D eigenvalue weighted by Crippen LogP contribution is -2.40. The minimum Gasteiger partial charge on any atom is -0.481 e. The van der Waals surface area contributed by atoms with E-state index in [9.17, 15) is 9.59 Å². The standard InChI is InChI=1S/C15H21NO3S/c1-11-8-20-9-12(11)14(19)16-10-15(7-13(17)18)5-3-2-4-6-15/h8-9H,2-7,10H2,1H3,(H,16,19)(H,17,18). The van der Waals surface area contributed by atoms with Crippen molar-refractivity contribution in [2.24, 2.45) is 5.41 Å². The van der Waals surface area contributed by atoms with Crippen LogP contribution in [0.3, 0.4) is 0 Å². The van der Waals surface area contributed by atoms with Gasteiger partial charge in [0.05, 0.1) is 12.0 Å². The molecule has 0 radical (unpaired) electrons. The number of hydrogen-bond acceptors (Lipinski definition) is 3. The summed E-state index contributed by atoms with van der Waals surface area (Å²) in [5.74, 6) is -0.855. The molecular weight excluding hydrogens is 274 g/mol. The summed E-state index contributed by atoms with van der Waals surface area (Å²) < 4.78 is 0. The molecule has 0 aromatic carbocycles. The van der Waals surface area contributed by atoms with Gasteiger partial charge in [0, 0.05) is 11.9 Å². The Kier molecular flexibility index (Phi) is 4.81. The van der Waals surface area contributed by atoms with E-state index >= 15 is 0 Å². The topological polar surface area (TPSA) is 66.4 Å².